The average Bonchev–Trinajstić information content (AvgIpc) is 2.79. The monoisotopic (exact) mass is 501 g/mol. The summed E-state index contributed by atoms with van der Waals surface area (Å²) in [6.45, 7) is 1.76. The second-order valence-corrected chi connectivity index (χ2v) is 10.1. The van der Waals surface area contributed by atoms with Crippen molar-refractivity contribution < 1.29 is 17.9 Å². The second kappa shape index (κ2) is 11.2. The van der Waals surface area contributed by atoms with Gasteiger partial charge in [0.1, 0.15) is 12.4 Å². The lowest BCUT2D eigenvalue weighted by Crippen LogP contribution is -2.14. The van der Waals surface area contributed by atoms with Crippen LogP contribution in [-0.4, -0.2) is 26.7 Å². The maximum absolute atomic E-state index is 12.3. The van der Waals surface area contributed by atoms with Gasteiger partial charge in [0.2, 0.25) is 5.91 Å². The number of carbonyl (C=O) groups is 1. The van der Waals surface area contributed by atoms with Gasteiger partial charge in [0.15, 0.2) is 9.84 Å². The maximum atomic E-state index is 12.3. The Morgan fingerprint density at radius 3 is 2.33 bits per heavy atom. The molecule has 0 saturated heterocycles. The fourth-order valence-electron chi connectivity index (χ4n) is 2.85. The number of nitrogens with one attached hydrogen (secondary N) is 1. The number of hydrogen-bond acceptors (Lipinski definition) is 4. The molecule has 5 nitrogen and oxygen atoms in total. The third-order valence-corrected chi connectivity index (χ3v) is 6.90. The zero-order chi connectivity index (χ0) is 23.8. The summed E-state index contributed by atoms with van der Waals surface area (Å²) in [6, 6.07) is 18.4. The summed E-state index contributed by atoms with van der Waals surface area (Å²) in [6.07, 6.45) is 0.138. The van der Waals surface area contributed by atoms with Crippen LogP contribution in [0.2, 0.25) is 10.0 Å². The van der Waals surface area contributed by atoms with Gasteiger partial charge in [-0.2, -0.15) is 0 Å². The predicted molar refractivity (Wildman–Crippen MR) is 132 cm³/mol. The van der Waals surface area contributed by atoms with Crippen molar-refractivity contribution in [2.24, 2.45) is 0 Å². The van der Waals surface area contributed by atoms with E-state index in [9.17, 15) is 13.2 Å². The number of rotatable bonds is 7. The molecule has 1 amide bonds. The Bertz CT molecular complexity index is 1290. The van der Waals surface area contributed by atoms with Gasteiger partial charge in [-0.05, 0) is 60.2 Å². The van der Waals surface area contributed by atoms with E-state index < -0.39 is 9.84 Å². The van der Waals surface area contributed by atoms with Crippen molar-refractivity contribution in [3.8, 4) is 17.6 Å². The summed E-state index contributed by atoms with van der Waals surface area (Å²) in [4.78, 5) is 12.6. The highest BCUT2D eigenvalue weighted by Gasteiger charge is 2.11. The van der Waals surface area contributed by atoms with Gasteiger partial charge in [0.05, 0.1) is 22.1 Å². The van der Waals surface area contributed by atoms with Crippen LogP contribution in [0.4, 0.5) is 5.69 Å². The van der Waals surface area contributed by atoms with E-state index in [0.29, 0.717) is 21.5 Å². The highest BCUT2D eigenvalue weighted by molar-refractivity contribution is 7.91. The highest BCUT2D eigenvalue weighted by atomic mass is 35.5. The molecule has 0 aromatic heterocycles. The molecule has 3 rings (SSSR count). The lowest BCUT2D eigenvalue weighted by Gasteiger charge is -2.07. The topological polar surface area (TPSA) is 72.5 Å². The number of benzene rings is 3. The molecule has 8 heteroatoms. The molecule has 0 spiro atoms. The molecule has 0 aliphatic carbocycles. The molecule has 0 unspecified atom stereocenters. The fraction of sp³-hybridized carbons (Fsp3) is 0.160. The van der Waals surface area contributed by atoms with Crippen molar-refractivity contribution in [2.45, 2.75) is 18.2 Å². The van der Waals surface area contributed by atoms with Crippen LogP contribution in [0.1, 0.15) is 18.1 Å². The summed E-state index contributed by atoms with van der Waals surface area (Å²) in [7, 11) is -3.25. The number of hydrogen-bond donors (Lipinski definition) is 1. The Hall–Kier alpha value is -2.98. The van der Waals surface area contributed by atoms with Gasteiger partial charge < -0.3 is 10.1 Å². The SMILES string of the molecule is CCS(=O)(=O)c1ccc(CC(=O)Nc2ccc(C#CCOc3ccc(Cl)cc3Cl)cc2)cc1. The van der Waals surface area contributed by atoms with Crippen molar-refractivity contribution in [3.63, 3.8) is 0 Å². The largest absolute Gasteiger partial charge is 0.479 e. The lowest BCUT2D eigenvalue weighted by atomic mass is 10.1. The number of carbonyl (C=O) groups excluding carboxylic acids is 1. The van der Waals surface area contributed by atoms with Crippen molar-refractivity contribution in [1.82, 2.24) is 0 Å². The molecular formula is C25H21Cl2NO4S. The first-order valence-corrected chi connectivity index (χ1v) is 12.5. The minimum Gasteiger partial charge on any atom is -0.479 e. The zero-order valence-corrected chi connectivity index (χ0v) is 20.1. The zero-order valence-electron chi connectivity index (χ0n) is 17.8. The normalized spacial score (nSPS) is 10.8. The summed E-state index contributed by atoms with van der Waals surface area (Å²) in [5, 5.41) is 3.77. The number of halogens is 2. The molecule has 0 saturated carbocycles. The first-order chi connectivity index (χ1) is 15.8. The van der Waals surface area contributed by atoms with E-state index >= 15 is 0 Å². The van der Waals surface area contributed by atoms with Gasteiger partial charge in [0.25, 0.3) is 0 Å². The third kappa shape index (κ3) is 7.26. The van der Waals surface area contributed by atoms with Crippen LogP contribution < -0.4 is 10.1 Å². The van der Waals surface area contributed by atoms with E-state index in [2.05, 4.69) is 17.2 Å². The fourth-order valence-corrected chi connectivity index (χ4v) is 4.20. The molecule has 3 aromatic carbocycles. The molecule has 170 valence electrons. The van der Waals surface area contributed by atoms with Crippen LogP contribution in [0, 0.1) is 11.8 Å². The molecule has 3 aromatic rings. The Labute approximate surface area is 203 Å². The van der Waals surface area contributed by atoms with Gasteiger partial charge in [-0.25, -0.2) is 8.42 Å². The predicted octanol–water partition coefficient (Wildman–Crippen LogP) is 5.40. The number of ether oxygens (including phenoxy) is 1. The summed E-state index contributed by atoms with van der Waals surface area (Å²) in [5.74, 6) is 6.24. The maximum Gasteiger partial charge on any atom is 0.228 e. The number of amides is 1. The van der Waals surface area contributed by atoms with Crippen LogP contribution >= 0.6 is 23.2 Å². The molecule has 0 fully saturated rings. The summed E-state index contributed by atoms with van der Waals surface area (Å²) in [5.41, 5.74) is 2.14. The molecular weight excluding hydrogens is 481 g/mol. The van der Waals surface area contributed by atoms with E-state index in [0.717, 1.165) is 11.1 Å². The minimum absolute atomic E-state index is 0.0386. The van der Waals surface area contributed by atoms with Crippen LogP contribution in [-0.2, 0) is 21.1 Å². The molecule has 0 aliphatic rings. The Morgan fingerprint density at radius 1 is 1.00 bits per heavy atom. The first-order valence-electron chi connectivity index (χ1n) is 10.0. The van der Waals surface area contributed by atoms with E-state index in [-0.39, 0.29) is 29.6 Å². The Morgan fingerprint density at radius 2 is 1.70 bits per heavy atom. The van der Waals surface area contributed by atoms with Crippen molar-refractivity contribution in [1.29, 1.82) is 0 Å². The Balaban J connectivity index is 1.51. The van der Waals surface area contributed by atoms with E-state index in [1.807, 2.05) is 0 Å². The second-order valence-electron chi connectivity index (χ2n) is 7.01. The minimum atomic E-state index is -3.25. The van der Waals surface area contributed by atoms with Crippen LogP contribution in [0.3, 0.4) is 0 Å². The summed E-state index contributed by atoms with van der Waals surface area (Å²) >= 11 is 11.9. The van der Waals surface area contributed by atoms with Gasteiger partial charge >= 0.3 is 0 Å². The number of anilines is 1. The van der Waals surface area contributed by atoms with Crippen molar-refractivity contribution in [3.05, 3.63) is 87.9 Å². The molecule has 0 heterocycles. The van der Waals surface area contributed by atoms with E-state index in [1.165, 1.54) is 12.1 Å². The first kappa shape index (κ1) is 24.7. The lowest BCUT2D eigenvalue weighted by molar-refractivity contribution is -0.115. The molecule has 1 N–H and O–H groups in total. The Kier molecular flexibility index (Phi) is 8.40. The standard InChI is InChI=1S/C25H21Cl2NO4S/c1-2-33(30,31)22-12-7-19(8-13-22)16-25(29)28-21-10-5-18(6-11-21)4-3-15-32-24-14-9-20(26)17-23(24)27/h5-14,17H,2,15-16H2,1H3,(H,28,29). The van der Waals surface area contributed by atoms with E-state index in [4.69, 9.17) is 27.9 Å². The molecule has 0 aliphatic heterocycles. The highest BCUT2D eigenvalue weighted by Crippen LogP contribution is 2.27. The van der Waals surface area contributed by atoms with E-state index in [1.54, 1.807) is 61.5 Å². The number of sulfone groups is 1. The average molecular weight is 502 g/mol. The van der Waals surface area contributed by atoms with Crippen LogP contribution in [0.5, 0.6) is 5.75 Å². The molecule has 0 bridgehead atoms. The molecule has 0 radical (unpaired) electrons. The van der Waals surface area contributed by atoms with Crippen LogP contribution in [0.25, 0.3) is 0 Å². The third-order valence-electron chi connectivity index (χ3n) is 4.62. The molecule has 33 heavy (non-hydrogen) atoms. The van der Waals surface area contributed by atoms with Gasteiger partial charge in [-0.3, -0.25) is 4.79 Å². The van der Waals surface area contributed by atoms with Crippen molar-refractivity contribution in [2.75, 3.05) is 17.7 Å². The quantitative estimate of drug-likeness (QED) is 0.440. The summed E-state index contributed by atoms with van der Waals surface area (Å²) < 4.78 is 29.3. The van der Waals surface area contributed by atoms with Gasteiger partial charge in [-0.15, -0.1) is 0 Å². The van der Waals surface area contributed by atoms with Crippen LogP contribution in [0.15, 0.2) is 71.6 Å². The van der Waals surface area contributed by atoms with Gasteiger partial charge in [0, 0.05) is 16.3 Å². The molecule has 0 atom stereocenters. The van der Waals surface area contributed by atoms with Crippen molar-refractivity contribution >= 4 is 44.6 Å². The smallest absolute Gasteiger partial charge is 0.228 e. The van der Waals surface area contributed by atoms with Gasteiger partial charge in [-0.1, -0.05) is 54.1 Å².